The van der Waals surface area contributed by atoms with E-state index in [2.05, 4.69) is 23.5 Å². The highest BCUT2D eigenvalue weighted by atomic mass is 16.5. The fraction of sp³-hybridized carbons (Fsp3) is 0.810. The Bertz CT molecular complexity index is 490. The Kier molecular flexibility index (Phi) is 11.2. The first kappa shape index (κ1) is 22.7. The van der Waals surface area contributed by atoms with Gasteiger partial charge in [0.1, 0.15) is 11.9 Å². The van der Waals surface area contributed by atoms with Crippen LogP contribution in [0.2, 0.25) is 0 Å². The fourth-order valence-electron chi connectivity index (χ4n) is 3.43. The maximum absolute atomic E-state index is 12.1. The van der Waals surface area contributed by atoms with Crippen LogP contribution in [-0.2, 0) is 14.3 Å². The van der Waals surface area contributed by atoms with Gasteiger partial charge in [-0.25, -0.2) is 0 Å². The van der Waals surface area contributed by atoms with E-state index in [0.717, 1.165) is 44.9 Å². The van der Waals surface area contributed by atoms with Crippen LogP contribution in [0, 0.1) is 23.7 Å². The van der Waals surface area contributed by atoms with Gasteiger partial charge in [0.25, 0.3) is 0 Å². The van der Waals surface area contributed by atoms with Crippen molar-refractivity contribution in [2.24, 2.45) is 11.8 Å². The van der Waals surface area contributed by atoms with Crippen LogP contribution in [0.4, 0.5) is 0 Å². The average molecular weight is 366 g/mol. The lowest BCUT2D eigenvalue weighted by Crippen LogP contribution is -2.19. The number of carbonyl (C=O) groups is 2. The lowest BCUT2D eigenvalue weighted by atomic mass is 9.89. The van der Waals surface area contributed by atoms with E-state index in [-0.39, 0.29) is 30.0 Å². The Balaban J connectivity index is 2.40. The van der Waals surface area contributed by atoms with Crippen LogP contribution in [-0.4, -0.2) is 41.3 Å². The van der Waals surface area contributed by atoms with E-state index in [4.69, 9.17) is 0 Å². The number of hydrogen-bond donors (Lipinski definition) is 2. The van der Waals surface area contributed by atoms with Crippen LogP contribution >= 0.6 is 0 Å². The van der Waals surface area contributed by atoms with Crippen molar-refractivity contribution in [1.29, 1.82) is 0 Å². The van der Waals surface area contributed by atoms with Crippen molar-refractivity contribution < 1.29 is 24.5 Å². The van der Waals surface area contributed by atoms with E-state index in [9.17, 15) is 19.8 Å². The van der Waals surface area contributed by atoms with E-state index in [1.165, 1.54) is 7.11 Å². The summed E-state index contributed by atoms with van der Waals surface area (Å²) in [4.78, 5) is 23.2. The highest BCUT2D eigenvalue weighted by Gasteiger charge is 2.40. The smallest absolute Gasteiger partial charge is 0.305 e. The molecule has 4 atom stereocenters. The molecular weight excluding hydrogens is 332 g/mol. The van der Waals surface area contributed by atoms with E-state index >= 15 is 0 Å². The normalized spacial score (nSPS) is 23.4. The number of methoxy groups -OCH3 is 1. The van der Waals surface area contributed by atoms with Crippen molar-refractivity contribution in [2.45, 2.75) is 89.8 Å². The third-order valence-corrected chi connectivity index (χ3v) is 5.04. The average Bonchev–Trinajstić information content (AvgIpc) is 2.89. The van der Waals surface area contributed by atoms with Crippen LogP contribution in [0.1, 0.15) is 77.6 Å². The summed E-state index contributed by atoms with van der Waals surface area (Å²) in [6, 6.07) is 0. The Morgan fingerprint density at radius 3 is 2.65 bits per heavy atom. The van der Waals surface area contributed by atoms with E-state index < -0.39 is 12.2 Å². The van der Waals surface area contributed by atoms with Crippen molar-refractivity contribution in [1.82, 2.24) is 0 Å². The third-order valence-electron chi connectivity index (χ3n) is 5.04. The maximum Gasteiger partial charge on any atom is 0.305 e. The van der Waals surface area contributed by atoms with E-state index in [1.54, 1.807) is 0 Å². The van der Waals surface area contributed by atoms with Gasteiger partial charge < -0.3 is 14.9 Å². The van der Waals surface area contributed by atoms with Gasteiger partial charge in [-0.15, -0.1) is 0 Å². The van der Waals surface area contributed by atoms with Crippen LogP contribution in [0.15, 0.2) is 0 Å². The lowest BCUT2D eigenvalue weighted by molar-refractivity contribution is -0.140. The molecule has 1 aliphatic carbocycles. The van der Waals surface area contributed by atoms with E-state index in [0.29, 0.717) is 19.3 Å². The molecule has 0 aromatic rings. The molecule has 0 saturated heterocycles. The zero-order valence-corrected chi connectivity index (χ0v) is 16.2. The van der Waals surface area contributed by atoms with Crippen molar-refractivity contribution in [2.75, 3.05) is 7.11 Å². The lowest BCUT2D eigenvalue weighted by Gasteiger charge is -2.15. The number of hydrogen-bond acceptors (Lipinski definition) is 5. The summed E-state index contributed by atoms with van der Waals surface area (Å²) < 4.78 is 4.61. The van der Waals surface area contributed by atoms with Gasteiger partial charge in [-0.05, 0) is 25.7 Å². The molecule has 0 spiro atoms. The van der Waals surface area contributed by atoms with Gasteiger partial charge >= 0.3 is 5.97 Å². The molecule has 1 rings (SSSR count). The highest BCUT2D eigenvalue weighted by molar-refractivity contribution is 5.84. The zero-order chi connectivity index (χ0) is 19.4. The molecule has 148 valence electrons. The molecule has 26 heavy (non-hydrogen) atoms. The number of esters is 1. The first-order chi connectivity index (χ1) is 12.5. The van der Waals surface area contributed by atoms with E-state index in [1.807, 2.05) is 0 Å². The zero-order valence-electron chi connectivity index (χ0n) is 16.2. The minimum absolute atomic E-state index is 0.0758. The number of aliphatic hydroxyl groups excluding tert-OH is 2. The number of ether oxygens (including phenoxy) is 1. The number of Topliss-reactive ketones (excluding diaryl/α,β-unsaturated/α-hetero) is 1. The molecule has 0 aromatic carbocycles. The molecule has 2 N–H and O–H groups in total. The van der Waals surface area contributed by atoms with Crippen LogP contribution in [0.25, 0.3) is 0 Å². The molecule has 0 aromatic heterocycles. The summed E-state index contributed by atoms with van der Waals surface area (Å²) in [6.07, 6.45) is 7.18. The van der Waals surface area contributed by atoms with Crippen LogP contribution in [0.3, 0.4) is 0 Å². The number of ketones is 1. The van der Waals surface area contributed by atoms with Crippen molar-refractivity contribution in [3.63, 3.8) is 0 Å². The van der Waals surface area contributed by atoms with Crippen LogP contribution in [0.5, 0.6) is 0 Å². The maximum atomic E-state index is 12.1. The minimum Gasteiger partial charge on any atom is -0.469 e. The van der Waals surface area contributed by atoms with Crippen molar-refractivity contribution >= 4 is 11.8 Å². The molecule has 0 amide bonds. The molecule has 5 nitrogen and oxygen atoms in total. The third kappa shape index (κ3) is 8.33. The summed E-state index contributed by atoms with van der Waals surface area (Å²) in [5, 5.41) is 20.1. The molecule has 5 heteroatoms. The van der Waals surface area contributed by atoms with Gasteiger partial charge in [0.15, 0.2) is 0 Å². The second-order valence-electron chi connectivity index (χ2n) is 7.20. The second-order valence-corrected chi connectivity index (χ2v) is 7.20. The van der Waals surface area contributed by atoms with Gasteiger partial charge in [0.2, 0.25) is 0 Å². The second kappa shape index (κ2) is 12.9. The fourth-order valence-corrected chi connectivity index (χ4v) is 3.43. The molecule has 1 aliphatic rings. The van der Waals surface area contributed by atoms with Crippen molar-refractivity contribution in [3.8, 4) is 11.8 Å². The number of rotatable bonds is 11. The van der Waals surface area contributed by atoms with Gasteiger partial charge in [-0.1, -0.05) is 50.9 Å². The minimum atomic E-state index is -0.720. The quantitative estimate of drug-likeness (QED) is 0.334. The monoisotopic (exact) mass is 366 g/mol. The molecule has 0 radical (unpaired) electrons. The summed E-state index contributed by atoms with van der Waals surface area (Å²) in [5.41, 5.74) is 0. The Morgan fingerprint density at radius 1 is 1.23 bits per heavy atom. The van der Waals surface area contributed by atoms with Gasteiger partial charge in [0.05, 0.1) is 19.1 Å². The van der Waals surface area contributed by atoms with Crippen LogP contribution < -0.4 is 0 Å². The molecule has 1 saturated carbocycles. The highest BCUT2D eigenvalue weighted by Crippen LogP contribution is 2.33. The number of unbranched alkanes of at least 4 members (excludes halogenated alkanes) is 5. The molecule has 0 heterocycles. The Morgan fingerprint density at radius 2 is 1.96 bits per heavy atom. The first-order valence-electron chi connectivity index (χ1n) is 9.96. The number of aliphatic hydroxyl groups is 2. The summed E-state index contributed by atoms with van der Waals surface area (Å²) in [6.45, 7) is 2.11. The molecule has 0 aliphatic heterocycles. The summed E-state index contributed by atoms with van der Waals surface area (Å²) >= 11 is 0. The molecule has 1 fully saturated rings. The molecular formula is C21H34O5. The number of carbonyl (C=O) groups excluding carboxylic acids is 2. The summed E-state index contributed by atoms with van der Waals surface area (Å²) in [5.74, 6) is 5.11. The largest absolute Gasteiger partial charge is 0.469 e. The topological polar surface area (TPSA) is 83.8 Å². The van der Waals surface area contributed by atoms with Gasteiger partial charge in [0, 0.05) is 18.8 Å². The predicted octanol–water partition coefficient (Wildman–Crippen LogP) is 3.01. The predicted molar refractivity (Wildman–Crippen MR) is 100 cm³/mol. The Hall–Kier alpha value is -1.38. The SMILES string of the molecule is CCCCC[C@H](O)C#C[C@H]1[C@H](O)CC(=O)[C@H]1CCCCCCC(=O)OC. The first-order valence-corrected chi connectivity index (χ1v) is 9.96. The Labute approximate surface area is 157 Å². The molecule has 0 bridgehead atoms. The summed E-state index contributed by atoms with van der Waals surface area (Å²) in [7, 11) is 1.39. The van der Waals surface area contributed by atoms with Crippen molar-refractivity contribution in [3.05, 3.63) is 0 Å². The van der Waals surface area contributed by atoms with Gasteiger partial charge in [-0.3, -0.25) is 9.59 Å². The standard InChI is InChI=1S/C21H34O5/c1-3-4-7-10-16(22)13-14-18-17(19(23)15-20(18)24)11-8-5-6-9-12-21(25)26-2/h16-18,20,22,24H,3-12,15H2,1-2H3/t16-,17-,18+,20+/m0/s1. The van der Waals surface area contributed by atoms with Gasteiger partial charge in [-0.2, -0.15) is 0 Å². The molecule has 0 unspecified atom stereocenters.